The van der Waals surface area contributed by atoms with Crippen LogP contribution in [0.5, 0.6) is 17.5 Å². The Morgan fingerprint density at radius 1 is 0.776 bits per heavy atom. The van der Waals surface area contributed by atoms with Crippen LogP contribution in [0.4, 0.5) is 14.0 Å². The number of carbonyl (C=O) groups excluding carboxylic acids is 4. The summed E-state index contributed by atoms with van der Waals surface area (Å²) in [6.45, 7) is 20.1. The number of pyridine rings is 2. The Bertz CT molecular complexity index is 2410. The molecule has 3 aliphatic rings. The minimum absolute atomic E-state index is 0. The number of rotatable bonds is 5. The van der Waals surface area contributed by atoms with E-state index in [4.69, 9.17) is 28.8 Å². The van der Waals surface area contributed by atoms with Crippen LogP contribution in [0.1, 0.15) is 108 Å². The second kappa shape index (κ2) is 22.3. The molecular weight excluding hydrogens is 864 g/mol. The van der Waals surface area contributed by atoms with E-state index in [1.54, 1.807) is 49.5 Å². The summed E-state index contributed by atoms with van der Waals surface area (Å²) in [7, 11) is 5.11. The van der Waals surface area contributed by atoms with Crippen molar-refractivity contribution in [2.24, 2.45) is 0 Å². The van der Waals surface area contributed by atoms with Gasteiger partial charge in [-0.15, -0.1) is 0 Å². The summed E-state index contributed by atoms with van der Waals surface area (Å²) < 4.78 is 42.7. The number of quaternary nitrogens is 1. The SMILES string of the molecule is C.CCO.CCc1cc2cc(F)c(C(=O)N3CCN(C(=O)OC(C)(C)C)CC3)cc2nc1OC.CCc1cc2cc3c(cc2nc1OC)C(=O)[N+]1(C)CCN(C(=O)OC(C)(C)C)CC1CCO3. The maximum atomic E-state index is 14.7. The highest BCUT2D eigenvalue weighted by Crippen LogP contribution is 2.35. The number of benzene rings is 2. The Morgan fingerprint density at radius 3 is 1.78 bits per heavy atom. The summed E-state index contributed by atoms with van der Waals surface area (Å²) in [4.78, 5) is 65.6. The van der Waals surface area contributed by atoms with Gasteiger partial charge in [-0.3, -0.25) is 14.2 Å². The third-order valence-electron chi connectivity index (χ3n) is 11.6. The Morgan fingerprint density at radius 2 is 1.27 bits per heavy atom. The van der Waals surface area contributed by atoms with Crippen molar-refractivity contribution in [1.82, 2.24) is 24.7 Å². The van der Waals surface area contributed by atoms with E-state index >= 15 is 0 Å². The van der Waals surface area contributed by atoms with Gasteiger partial charge in [-0.05, 0) is 97.7 Å². The van der Waals surface area contributed by atoms with Crippen LogP contribution in [0.3, 0.4) is 0 Å². The van der Waals surface area contributed by atoms with Crippen molar-refractivity contribution in [2.75, 3.05) is 80.3 Å². The van der Waals surface area contributed by atoms with Crippen molar-refractivity contribution < 1.29 is 56.8 Å². The first-order chi connectivity index (χ1) is 31.1. The van der Waals surface area contributed by atoms with Gasteiger partial charge in [-0.25, -0.2) is 28.7 Å². The van der Waals surface area contributed by atoms with Crippen molar-refractivity contribution in [3.63, 3.8) is 0 Å². The second-order valence-corrected chi connectivity index (χ2v) is 18.7. The number of nitrogens with zero attached hydrogens (tertiary/aromatic N) is 6. The van der Waals surface area contributed by atoms with Gasteiger partial charge in [0.1, 0.15) is 40.9 Å². The first-order valence-corrected chi connectivity index (χ1v) is 22.7. The van der Waals surface area contributed by atoms with E-state index in [0.29, 0.717) is 105 Å². The van der Waals surface area contributed by atoms with Crippen LogP contribution in [-0.4, -0.2) is 156 Å². The number of hydrogen-bond donors (Lipinski definition) is 1. The van der Waals surface area contributed by atoms with Gasteiger partial charge in [0.25, 0.3) is 5.91 Å². The maximum Gasteiger partial charge on any atom is 0.410 e. The van der Waals surface area contributed by atoms with Gasteiger partial charge in [0.05, 0.1) is 57.6 Å². The zero-order chi connectivity index (χ0) is 48.7. The molecule has 7 rings (SSSR count). The van der Waals surface area contributed by atoms with Gasteiger partial charge in [0, 0.05) is 61.1 Å². The van der Waals surface area contributed by atoms with Gasteiger partial charge in [0.15, 0.2) is 0 Å². The zero-order valence-electron chi connectivity index (χ0n) is 40.7. The number of aliphatic hydroxyl groups excluding tert-OH is 1. The average molecular weight is 936 g/mol. The van der Waals surface area contributed by atoms with E-state index in [1.165, 1.54) is 19.2 Å². The quantitative estimate of drug-likeness (QED) is 0.191. The lowest BCUT2D eigenvalue weighted by atomic mass is 9.99. The summed E-state index contributed by atoms with van der Waals surface area (Å²) in [5, 5.41) is 9.12. The fraction of sp³-hybridized carbons (Fsp3) is 0.560. The van der Waals surface area contributed by atoms with Gasteiger partial charge >= 0.3 is 18.1 Å². The summed E-state index contributed by atoms with van der Waals surface area (Å²) in [6, 6.07) is 10.3. The molecule has 16 nitrogen and oxygen atoms in total. The van der Waals surface area contributed by atoms with Gasteiger partial charge in [0.2, 0.25) is 11.8 Å². The smallest absolute Gasteiger partial charge is 0.410 e. The monoisotopic (exact) mass is 936 g/mol. The highest BCUT2D eigenvalue weighted by Gasteiger charge is 2.48. The molecule has 2 aromatic carbocycles. The molecule has 2 fully saturated rings. The van der Waals surface area contributed by atoms with E-state index in [9.17, 15) is 23.6 Å². The first kappa shape index (κ1) is 53.8. The van der Waals surface area contributed by atoms with Crippen LogP contribution in [0, 0.1) is 5.82 Å². The Kier molecular flexibility index (Phi) is 17.9. The number of likely N-dealkylation sites (N-methyl/N-ethyl adjacent to an activating group) is 1. The van der Waals surface area contributed by atoms with E-state index in [0.717, 1.165) is 22.9 Å². The lowest BCUT2D eigenvalue weighted by molar-refractivity contribution is -0.860. The lowest BCUT2D eigenvalue weighted by Gasteiger charge is -2.46. The van der Waals surface area contributed by atoms with Crippen LogP contribution in [0.25, 0.3) is 21.8 Å². The molecule has 0 bridgehead atoms. The number of piperazine rings is 2. The van der Waals surface area contributed by atoms with Crippen molar-refractivity contribution in [2.45, 2.75) is 106 Å². The van der Waals surface area contributed by atoms with E-state index in [1.807, 2.05) is 59.0 Å². The number of aliphatic hydroxyl groups is 1. The lowest BCUT2D eigenvalue weighted by Crippen LogP contribution is -2.67. The predicted molar refractivity (Wildman–Crippen MR) is 256 cm³/mol. The number of aryl methyl sites for hydroxylation is 2. The number of ether oxygens (including phenoxy) is 5. The molecule has 0 aliphatic carbocycles. The molecule has 0 radical (unpaired) electrons. The molecule has 2 saturated heterocycles. The third-order valence-corrected chi connectivity index (χ3v) is 11.6. The standard InChI is InChI=1S/C25H34N3O5.C22H28FN3O4.C2H6O.CH4/c1-7-16-12-17-13-21-19(14-20(17)26-22(16)31-6)23(29)28(5)10-9-27(15-18(28)8-11-32-21)24(30)33-25(2,3)4;1-6-14-11-15-12-17(23)16(13-18(15)24-19(14)29-5)20(27)25-7-9-26(10-8-25)21(28)30-22(2,3)4;1-2-3;/h12-14,18H,7-11,15H2,1-6H3;11-13H,6-10H2,1-5H3;3H,2H2,1H3;1H4/q+1;;;. The van der Waals surface area contributed by atoms with Gasteiger partial charge in [-0.1, -0.05) is 21.3 Å². The first-order valence-electron chi connectivity index (χ1n) is 22.7. The van der Waals surface area contributed by atoms with Crippen molar-refractivity contribution >= 4 is 45.8 Å². The molecule has 0 spiro atoms. The number of hydrogen-bond acceptors (Lipinski definition) is 12. The van der Waals surface area contributed by atoms with Crippen LogP contribution in [0.15, 0.2) is 36.4 Å². The summed E-state index contributed by atoms with van der Waals surface area (Å²) in [5.41, 5.74) is 2.45. The molecule has 67 heavy (non-hydrogen) atoms. The average Bonchev–Trinajstić information content (AvgIpc) is 3.26. The Hall–Kier alpha value is -5.81. The van der Waals surface area contributed by atoms with E-state index in [2.05, 4.69) is 16.9 Å². The summed E-state index contributed by atoms with van der Waals surface area (Å²) in [6.07, 6.45) is 1.43. The molecule has 17 heteroatoms. The number of halogens is 1. The third kappa shape index (κ3) is 12.8. The highest BCUT2D eigenvalue weighted by molar-refractivity contribution is 5.99. The number of fused-ring (bicyclic) bond motifs is 4. The normalized spacial score (nSPS) is 18.3. The Balaban J connectivity index is 0.000000274. The molecule has 0 saturated carbocycles. The largest absolute Gasteiger partial charge is 0.492 e. The molecule has 2 atom stereocenters. The molecule has 4 amide bonds. The van der Waals surface area contributed by atoms with Crippen molar-refractivity contribution in [3.8, 4) is 17.5 Å². The van der Waals surface area contributed by atoms with Crippen LogP contribution >= 0.6 is 0 Å². The number of methoxy groups -OCH3 is 2. The number of aromatic nitrogens is 2. The topological polar surface area (TPSA) is 170 Å². The van der Waals surface area contributed by atoms with Gasteiger partial charge < -0.3 is 38.6 Å². The maximum absolute atomic E-state index is 14.7. The molecule has 4 aromatic rings. The molecule has 2 unspecified atom stereocenters. The predicted octanol–water partition coefficient (Wildman–Crippen LogP) is 8.07. The molecular formula is C50H72FN6O10+. The van der Waals surface area contributed by atoms with Crippen molar-refractivity contribution in [1.29, 1.82) is 0 Å². The van der Waals surface area contributed by atoms with Crippen molar-refractivity contribution in [3.05, 3.63) is 64.5 Å². The number of amides is 4. The molecule has 1 N–H and O–H groups in total. The fourth-order valence-electron chi connectivity index (χ4n) is 8.10. The fourth-order valence-corrected chi connectivity index (χ4v) is 8.10. The van der Waals surface area contributed by atoms with Crippen LogP contribution < -0.4 is 14.2 Å². The van der Waals surface area contributed by atoms with E-state index in [-0.39, 0.29) is 42.1 Å². The Labute approximate surface area is 394 Å². The van der Waals surface area contributed by atoms with Crippen LogP contribution in [-0.2, 0) is 22.3 Å². The molecule has 2 aromatic heterocycles. The minimum Gasteiger partial charge on any atom is -0.492 e. The summed E-state index contributed by atoms with van der Waals surface area (Å²) >= 11 is 0. The molecule has 3 aliphatic heterocycles. The molecule has 368 valence electrons. The van der Waals surface area contributed by atoms with Crippen LogP contribution in [0.2, 0.25) is 0 Å². The minimum atomic E-state index is -0.587. The molecule has 5 heterocycles. The van der Waals surface area contributed by atoms with E-state index < -0.39 is 29.0 Å². The zero-order valence-corrected chi connectivity index (χ0v) is 40.7. The highest BCUT2D eigenvalue weighted by atomic mass is 19.1. The van der Waals surface area contributed by atoms with Gasteiger partial charge in [-0.2, -0.15) is 0 Å². The summed E-state index contributed by atoms with van der Waals surface area (Å²) in [5.74, 6) is 0.624. The number of carbonyl (C=O) groups is 4. The second-order valence-electron chi connectivity index (χ2n) is 18.7.